The second kappa shape index (κ2) is 4.63. The molecule has 0 saturated heterocycles. The van der Waals surface area contributed by atoms with Crippen molar-refractivity contribution in [1.29, 1.82) is 0 Å². The molecule has 3 nitrogen and oxygen atoms in total. The third kappa shape index (κ3) is 3.59. The Labute approximate surface area is 104 Å². The van der Waals surface area contributed by atoms with Gasteiger partial charge >= 0.3 is 5.97 Å². The number of benzene rings is 1. The molecule has 0 bridgehead atoms. The van der Waals surface area contributed by atoms with Crippen LogP contribution in [0, 0.1) is 0 Å². The van der Waals surface area contributed by atoms with Gasteiger partial charge in [0.1, 0.15) is 0 Å². The quantitative estimate of drug-likeness (QED) is 0.891. The molecule has 0 radical (unpaired) electrons. The fourth-order valence-electron chi connectivity index (χ4n) is 1.19. The highest BCUT2D eigenvalue weighted by atomic mass is 79.9. The first-order valence-corrected chi connectivity index (χ1v) is 5.80. The topological polar surface area (TPSA) is 57.5 Å². The molecule has 5 heteroatoms. The number of rotatable bonds is 3. The van der Waals surface area contributed by atoms with E-state index in [9.17, 15) is 9.90 Å². The van der Waals surface area contributed by atoms with Gasteiger partial charge in [-0.15, -0.1) is 0 Å². The molecule has 1 aromatic rings. The van der Waals surface area contributed by atoms with Crippen LogP contribution in [0.2, 0.25) is 0 Å². The Morgan fingerprint density at radius 2 is 1.80 bits per heavy atom. The monoisotopic (exact) mass is 336 g/mol. The zero-order valence-electron chi connectivity index (χ0n) is 8.00. The van der Waals surface area contributed by atoms with E-state index in [2.05, 4.69) is 31.9 Å². The third-order valence-electron chi connectivity index (χ3n) is 1.93. The normalized spacial score (nSPS) is 14.7. The van der Waals surface area contributed by atoms with Crippen LogP contribution in [0.5, 0.6) is 0 Å². The molecule has 1 aromatic carbocycles. The lowest BCUT2D eigenvalue weighted by molar-refractivity contribution is -0.156. The van der Waals surface area contributed by atoms with Crippen molar-refractivity contribution in [2.75, 3.05) is 0 Å². The van der Waals surface area contributed by atoms with Crippen LogP contribution in [0.25, 0.3) is 0 Å². The summed E-state index contributed by atoms with van der Waals surface area (Å²) in [6, 6.07) is 5.41. The zero-order chi connectivity index (χ0) is 11.6. The molecule has 1 atom stereocenters. The van der Waals surface area contributed by atoms with E-state index in [-0.39, 0.29) is 6.42 Å². The predicted molar refractivity (Wildman–Crippen MR) is 63.8 cm³/mol. The minimum absolute atomic E-state index is 0.0698. The van der Waals surface area contributed by atoms with Crippen LogP contribution < -0.4 is 0 Å². The summed E-state index contributed by atoms with van der Waals surface area (Å²) in [7, 11) is 0. The maximum atomic E-state index is 10.7. The van der Waals surface area contributed by atoms with Crippen molar-refractivity contribution < 1.29 is 15.0 Å². The summed E-state index contributed by atoms with van der Waals surface area (Å²) in [6.07, 6.45) is 0.0698. The van der Waals surface area contributed by atoms with Crippen LogP contribution in [0.3, 0.4) is 0 Å². The van der Waals surface area contributed by atoms with Crippen LogP contribution in [-0.4, -0.2) is 21.8 Å². The Balaban J connectivity index is 2.94. The molecule has 0 aromatic heterocycles. The summed E-state index contributed by atoms with van der Waals surface area (Å²) in [5, 5.41) is 18.4. The van der Waals surface area contributed by atoms with E-state index < -0.39 is 11.6 Å². The summed E-state index contributed by atoms with van der Waals surface area (Å²) in [4.78, 5) is 10.7. The lowest BCUT2D eigenvalue weighted by Crippen LogP contribution is -2.37. The Morgan fingerprint density at radius 1 is 1.33 bits per heavy atom. The molecule has 1 rings (SSSR count). The number of aliphatic hydroxyl groups is 1. The van der Waals surface area contributed by atoms with Crippen LogP contribution in [-0.2, 0) is 11.2 Å². The SMILES string of the molecule is CC(O)(Cc1cc(Br)cc(Br)c1)C(=O)O. The molecule has 2 N–H and O–H groups in total. The molecule has 82 valence electrons. The minimum Gasteiger partial charge on any atom is -0.479 e. The largest absolute Gasteiger partial charge is 0.479 e. The van der Waals surface area contributed by atoms with Gasteiger partial charge in [-0.1, -0.05) is 31.9 Å². The highest BCUT2D eigenvalue weighted by Crippen LogP contribution is 2.23. The van der Waals surface area contributed by atoms with Crippen LogP contribution in [0.15, 0.2) is 27.1 Å². The van der Waals surface area contributed by atoms with Gasteiger partial charge < -0.3 is 10.2 Å². The molecule has 0 fully saturated rings. The molecule has 0 aliphatic carbocycles. The van der Waals surface area contributed by atoms with Crippen molar-refractivity contribution in [1.82, 2.24) is 0 Å². The third-order valence-corrected chi connectivity index (χ3v) is 2.85. The van der Waals surface area contributed by atoms with E-state index in [0.29, 0.717) is 0 Å². The summed E-state index contributed by atoms with van der Waals surface area (Å²) in [6.45, 7) is 1.28. The molecule has 0 aliphatic rings. The van der Waals surface area contributed by atoms with Gasteiger partial charge in [0.05, 0.1) is 0 Å². The Morgan fingerprint density at radius 3 is 2.20 bits per heavy atom. The standard InChI is InChI=1S/C10H10Br2O3/c1-10(15,9(13)14)5-6-2-7(11)4-8(12)3-6/h2-4,15H,5H2,1H3,(H,13,14). The fourth-order valence-corrected chi connectivity index (χ4v) is 2.57. The van der Waals surface area contributed by atoms with Gasteiger partial charge in [0.2, 0.25) is 0 Å². The molecule has 0 aliphatic heterocycles. The van der Waals surface area contributed by atoms with Gasteiger partial charge in [-0.2, -0.15) is 0 Å². The Kier molecular flexibility index (Phi) is 3.92. The van der Waals surface area contributed by atoms with Gasteiger partial charge in [0.25, 0.3) is 0 Å². The first-order chi connectivity index (χ1) is 6.81. The second-order valence-corrected chi connectivity index (χ2v) is 5.36. The van der Waals surface area contributed by atoms with E-state index in [1.54, 1.807) is 12.1 Å². The van der Waals surface area contributed by atoms with Crippen LogP contribution in [0.1, 0.15) is 12.5 Å². The second-order valence-electron chi connectivity index (χ2n) is 3.53. The average molecular weight is 338 g/mol. The van der Waals surface area contributed by atoms with Crippen molar-refractivity contribution in [3.63, 3.8) is 0 Å². The molecule has 1 unspecified atom stereocenters. The molecular weight excluding hydrogens is 328 g/mol. The van der Waals surface area contributed by atoms with Crippen LogP contribution >= 0.6 is 31.9 Å². The van der Waals surface area contributed by atoms with E-state index in [4.69, 9.17) is 5.11 Å². The molecular formula is C10H10Br2O3. The Bertz CT molecular complexity index is 368. The number of halogens is 2. The smallest absolute Gasteiger partial charge is 0.335 e. The van der Waals surface area contributed by atoms with E-state index in [0.717, 1.165) is 14.5 Å². The average Bonchev–Trinajstić information content (AvgIpc) is 1.99. The van der Waals surface area contributed by atoms with Crippen LogP contribution in [0.4, 0.5) is 0 Å². The van der Waals surface area contributed by atoms with E-state index >= 15 is 0 Å². The summed E-state index contributed by atoms with van der Waals surface area (Å²) >= 11 is 6.60. The highest BCUT2D eigenvalue weighted by molar-refractivity contribution is 9.11. The number of aliphatic carboxylic acids is 1. The number of carboxylic acids is 1. The first-order valence-electron chi connectivity index (χ1n) is 4.22. The maximum absolute atomic E-state index is 10.7. The van der Waals surface area contributed by atoms with E-state index in [1.807, 2.05) is 6.07 Å². The van der Waals surface area contributed by atoms with Gasteiger partial charge in [-0.05, 0) is 30.7 Å². The lowest BCUT2D eigenvalue weighted by atomic mass is 9.97. The zero-order valence-corrected chi connectivity index (χ0v) is 11.2. The molecule has 15 heavy (non-hydrogen) atoms. The maximum Gasteiger partial charge on any atom is 0.335 e. The van der Waals surface area contributed by atoms with E-state index in [1.165, 1.54) is 6.92 Å². The number of hydrogen-bond donors (Lipinski definition) is 2. The van der Waals surface area contributed by atoms with Gasteiger partial charge in [-0.25, -0.2) is 4.79 Å². The Hall–Kier alpha value is -0.390. The summed E-state index contributed by atoms with van der Waals surface area (Å²) < 4.78 is 1.68. The highest BCUT2D eigenvalue weighted by Gasteiger charge is 2.30. The molecule has 0 amide bonds. The van der Waals surface area contributed by atoms with Crippen molar-refractivity contribution in [3.8, 4) is 0 Å². The van der Waals surface area contributed by atoms with Crippen molar-refractivity contribution >= 4 is 37.8 Å². The lowest BCUT2D eigenvalue weighted by Gasteiger charge is -2.17. The molecule has 0 saturated carbocycles. The van der Waals surface area contributed by atoms with Crippen molar-refractivity contribution in [2.45, 2.75) is 18.9 Å². The number of hydrogen-bond acceptors (Lipinski definition) is 2. The number of carboxylic acid groups (broad SMARTS) is 1. The summed E-state index contributed by atoms with van der Waals surface area (Å²) in [5.74, 6) is -1.22. The fraction of sp³-hybridized carbons (Fsp3) is 0.300. The van der Waals surface area contributed by atoms with Gasteiger partial charge in [0, 0.05) is 15.4 Å². The first kappa shape index (κ1) is 12.7. The predicted octanol–water partition coefficient (Wildman–Crippen LogP) is 2.59. The number of carbonyl (C=O) groups is 1. The molecule has 0 spiro atoms. The van der Waals surface area contributed by atoms with Crippen molar-refractivity contribution in [3.05, 3.63) is 32.7 Å². The molecule has 0 heterocycles. The minimum atomic E-state index is -1.74. The van der Waals surface area contributed by atoms with Gasteiger partial charge in [0.15, 0.2) is 5.60 Å². The van der Waals surface area contributed by atoms with Gasteiger partial charge in [-0.3, -0.25) is 0 Å². The van der Waals surface area contributed by atoms with Crippen molar-refractivity contribution in [2.24, 2.45) is 0 Å². The summed E-state index contributed by atoms with van der Waals surface area (Å²) in [5.41, 5.74) is -0.982.